The first-order valence-electron chi connectivity index (χ1n) is 13.7. The number of ether oxygens (including phenoxy) is 2. The van der Waals surface area contributed by atoms with E-state index in [1.807, 2.05) is 13.0 Å². The van der Waals surface area contributed by atoms with Crippen LogP contribution in [0.5, 0.6) is 0 Å². The van der Waals surface area contributed by atoms with Crippen molar-refractivity contribution in [3.63, 3.8) is 0 Å². The number of carbonyl (C=O) groups excluding carboxylic acids is 3. The molecule has 3 saturated carbocycles. The van der Waals surface area contributed by atoms with Crippen LogP contribution in [-0.4, -0.2) is 51.8 Å². The van der Waals surface area contributed by atoms with E-state index in [0.717, 1.165) is 11.1 Å². The average Bonchev–Trinajstić information content (AvgIpc) is 3.47. The smallest absolute Gasteiger partial charge is 0.334 e. The molecule has 0 unspecified atom stereocenters. The Labute approximate surface area is 217 Å². The Hall–Kier alpha value is -2.25. The normalized spacial score (nSPS) is 55.6. The van der Waals surface area contributed by atoms with E-state index in [-0.39, 0.29) is 47.6 Å². The lowest BCUT2D eigenvalue weighted by Crippen LogP contribution is -2.60. The van der Waals surface area contributed by atoms with Gasteiger partial charge in [0, 0.05) is 35.7 Å². The zero-order valence-electron chi connectivity index (χ0n) is 22.0. The fourth-order valence-electron chi connectivity index (χ4n) is 10.6. The number of hydrogen-bond acceptors (Lipinski definition) is 7. The van der Waals surface area contributed by atoms with Crippen LogP contribution in [0.2, 0.25) is 0 Å². The van der Waals surface area contributed by atoms with E-state index >= 15 is 0 Å². The van der Waals surface area contributed by atoms with Gasteiger partial charge >= 0.3 is 11.9 Å². The molecule has 0 aromatic rings. The van der Waals surface area contributed by atoms with Crippen LogP contribution in [-0.2, 0) is 23.9 Å². The summed E-state index contributed by atoms with van der Waals surface area (Å²) in [5.41, 5.74) is -2.00. The van der Waals surface area contributed by atoms with Gasteiger partial charge < -0.3 is 19.7 Å². The molecule has 0 aromatic carbocycles. The molecule has 7 aliphatic rings. The van der Waals surface area contributed by atoms with Gasteiger partial charge in [0.25, 0.3) is 0 Å². The lowest BCUT2D eigenvalue weighted by atomic mass is 9.49. The molecule has 7 heteroatoms. The summed E-state index contributed by atoms with van der Waals surface area (Å²) in [6, 6.07) is 0. The summed E-state index contributed by atoms with van der Waals surface area (Å²) in [6.07, 6.45) is 4.30. The molecule has 198 valence electrons. The lowest BCUT2D eigenvalue weighted by Gasteiger charge is -2.53. The number of rotatable bonds is 0. The van der Waals surface area contributed by atoms with Crippen molar-refractivity contribution in [2.45, 2.75) is 83.7 Å². The molecule has 37 heavy (non-hydrogen) atoms. The summed E-state index contributed by atoms with van der Waals surface area (Å²) in [6.45, 7) is 11.8. The molecular formula is C30H36O7. The highest BCUT2D eigenvalue weighted by molar-refractivity contribution is 5.98. The predicted octanol–water partition coefficient (Wildman–Crippen LogP) is 3.05. The molecule has 7 nitrogen and oxygen atoms in total. The Kier molecular flexibility index (Phi) is 4.41. The molecule has 2 saturated heterocycles. The maximum absolute atomic E-state index is 14.3. The summed E-state index contributed by atoms with van der Waals surface area (Å²) < 4.78 is 12.2. The predicted molar refractivity (Wildman–Crippen MR) is 132 cm³/mol. The van der Waals surface area contributed by atoms with E-state index in [4.69, 9.17) is 9.47 Å². The number of fused-ring (bicyclic) bond motifs is 4. The van der Waals surface area contributed by atoms with Gasteiger partial charge in [0.15, 0.2) is 5.78 Å². The minimum absolute atomic E-state index is 0.00754. The van der Waals surface area contributed by atoms with Crippen LogP contribution in [0.15, 0.2) is 35.5 Å². The highest BCUT2D eigenvalue weighted by Gasteiger charge is 2.85. The number of esters is 2. The highest BCUT2D eigenvalue weighted by Crippen LogP contribution is 2.81. The largest absolute Gasteiger partial charge is 0.462 e. The fourth-order valence-corrected chi connectivity index (χ4v) is 10.6. The Bertz CT molecular complexity index is 1240. The van der Waals surface area contributed by atoms with Crippen molar-refractivity contribution in [1.82, 2.24) is 0 Å². The number of ketones is 1. The second-order valence-corrected chi connectivity index (χ2v) is 13.7. The molecule has 12 atom stereocenters. The summed E-state index contributed by atoms with van der Waals surface area (Å²) in [5, 5.41) is 23.7. The monoisotopic (exact) mass is 508 g/mol. The van der Waals surface area contributed by atoms with Crippen LogP contribution < -0.4 is 0 Å². The van der Waals surface area contributed by atoms with Gasteiger partial charge in [0.05, 0.1) is 23.0 Å². The van der Waals surface area contributed by atoms with Crippen molar-refractivity contribution in [2.75, 3.05) is 0 Å². The molecule has 5 aliphatic carbocycles. The van der Waals surface area contributed by atoms with Gasteiger partial charge in [-0.05, 0) is 55.9 Å². The van der Waals surface area contributed by atoms with Crippen molar-refractivity contribution in [3.05, 3.63) is 35.5 Å². The molecular weight excluding hydrogens is 472 g/mol. The molecule has 2 bridgehead atoms. The van der Waals surface area contributed by atoms with E-state index < -0.39 is 51.9 Å². The maximum Gasteiger partial charge on any atom is 0.334 e. The van der Waals surface area contributed by atoms with Crippen molar-refractivity contribution in [2.24, 2.45) is 45.8 Å². The Morgan fingerprint density at radius 2 is 1.84 bits per heavy atom. The number of aliphatic hydroxyl groups excluding tert-OH is 1. The Morgan fingerprint density at radius 3 is 2.57 bits per heavy atom. The van der Waals surface area contributed by atoms with Crippen LogP contribution in [0.4, 0.5) is 0 Å². The summed E-state index contributed by atoms with van der Waals surface area (Å²) in [4.78, 5) is 39.7. The zero-order valence-corrected chi connectivity index (χ0v) is 22.0. The van der Waals surface area contributed by atoms with Crippen LogP contribution in [0.1, 0.15) is 59.8 Å². The first kappa shape index (κ1) is 23.8. The Morgan fingerprint density at radius 1 is 1.11 bits per heavy atom. The van der Waals surface area contributed by atoms with Crippen molar-refractivity contribution >= 4 is 17.7 Å². The topological polar surface area (TPSA) is 110 Å². The fraction of sp³-hybridized carbons (Fsp3) is 0.700. The van der Waals surface area contributed by atoms with Gasteiger partial charge in [-0.15, -0.1) is 0 Å². The summed E-state index contributed by atoms with van der Waals surface area (Å²) in [5.74, 6) is -1.54. The second kappa shape index (κ2) is 6.84. The average molecular weight is 509 g/mol. The minimum atomic E-state index is -1.47. The van der Waals surface area contributed by atoms with Crippen molar-refractivity contribution in [1.29, 1.82) is 0 Å². The summed E-state index contributed by atoms with van der Waals surface area (Å²) >= 11 is 0. The van der Waals surface area contributed by atoms with Crippen LogP contribution in [0, 0.1) is 45.8 Å². The molecule has 2 heterocycles. The Balaban J connectivity index is 1.45. The van der Waals surface area contributed by atoms with E-state index in [1.165, 1.54) is 0 Å². The molecule has 0 amide bonds. The third-order valence-corrected chi connectivity index (χ3v) is 12.0. The van der Waals surface area contributed by atoms with E-state index in [0.29, 0.717) is 25.7 Å². The standard InChI is InChI=1S/C30H36O7/c1-13-8-21-18(9-17-14(2)19(31)10-16(13)17)29(26(34)36-21)12-27(4)6-7-30(29)24(27)23-22(15(3)25(33)37-23)20(32)11-28(30,5)35/h6-7,13,16,18,20-24,32,35H,3,8-12H2,1-2,4-5H3/t13-,16-,18-,20-,21-,22+,23-,24-,27-,28+,29+,30-/m0/s1. The van der Waals surface area contributed by atoms with Crippen molar-refractivity contribution < 1.29 is 34.1 Å². The minimum Gasteiger partial charge on any atom is -0.462 e. The maximum atomic E-state index is 14.3. The third-order valence-electron chi connectivity index (χ3n) is 12.0. The van der Waals surface area contributed by atoms with E-state index in [1.54, 1.807) is 6.92 Å². The molecule has 7 rings (SSSR count). The molecule has 1 spiro atoms. The molecule has 0 aromatic heterocycles. The lowest BCUT2D eigenvalue weighted by molar-refractivity contribution is -0.176. The van der Waals surface area contributed by atoms with Gasteiger partial charge in [-0.25, -0.2) is 4.79 Å². The molecule has 5 fully saturated rings. The molecule has 2 N–H and O–H groups in total. The number of hydrogen-bond donors (Lipinski definition) is 2. The van der Waals surface area contributed by atoms with Gasteiger partial charge in [0.2, 0.25) is 0 Å². The first-order chi connectivity index (χ1) is 17.3. The first-order valence-corrected chi connectivity index (χ1v) is 13.7. The highest BCUT2D eigenvalue weighted by atomic mass is 16.6. The summed E-state index contributed by atoms with van der Waals surface area (Å²) in [7, 11) is 0. The third kappa shape index (κ3) is 2.45. The molecule has 2 aliphatic heterocycles. The number of aliphatic hydroxyl groups is 2. The second-order valence-electron chi connectivity index (χ2n) is 13.7. The SMILES string of the molecule is C=C1C(=O)O[C@H]2[C@H]1[C@@H](O)C[C@@](C)(O)[C@@]13C=C[C@@](C)(C[C@@]14C(=O)O[C@H]1C[C@H](C)[C@@H]5CC(=O)C(C)=C5C[C@@H]14)[C@H]23. The quantitative estimate of drug-likeness (QED) is 0.294. The van der Waals surface area contributed by atoms with Gasteiger partial charge in [-0.3, -0.25) is 9.59 Å². The van der Waals surface area contributed by atoms with Crippen molar-refractivity contribution in [3.8, 4) is 0 Å². The van der Waals surface area contributed by atoms with Crippen LogP contribution in [0.25, 0.3) is 0 Å². The zero-order chi connectivity index (χ0) is 26.4. The number of allylic oxidation sites excluding steroid dienone is 3. The van der Waals surface area contributed by atoms with Crippen LogP contribution in [0.3, 0.4) is 0 Å². The van der Waals surface area contributed by atoms with Gasteiger partial charge in [-0.1, -0.05) is 38.2 Å². The van der Waals surface area contributed by atoms with Gasteiger partial charge in [-0.2, -0.15) is 0 Å². The van der Waals surface area contributed by atoms with Gasteiger partial charge in [0.1, 0.15) is 12.2 Å². The van der Waals surface area contributed by atoms with E-state index in [9.17, 15) is 24.6 Å². The van der Waals surface area contributed by atoms with Crippen LogP contribution >= 0.6 is 0 Å². The number of carbonyl (C=O) groups is 3. The van der Waals surface area contributed by atoms with E-state index in [2.05, 4.69) is 26.5 Å². The number of Topliss-reactive ketones (excluding diaryl/α,β-unsaturated/α-hetero) is 1. The molecule has 0 radical (unpaired) electrons.